The second-order valence-electron chi connectivity index (χ2n) is 10.2. The Balaban J connectivity index is 1.37. The van der Waals surface area contributed by atoms with Crippen molar-refractivity contribution >= 4 is 39.0 Å². The lowest BCUT2D eigenvalue weighted by Crippen LogP contribution is -2.50. The number of sulfone groups is 1. The lowest BCUT2D eigenvalue weighted by Gasteiger charge is -2.39. The molecule has 1 N–H and O–H groups in total. The standard InChI is InChI=1S/C23H27ClF3N3O5S/c24-17-10-14(29-9-8-28-7-1-2-15(28)12-29)3-4-19(17)36(34,35)16-11-18(20(31)32)30(13-16)21(33)22(5-6-22)23(25,26)27/h3-4,10,15-16,18H,1-2,5-9,11-13H2,(H,31,32)/t15-,16+,18-/m0/s1. The van der Waals surface area contributed by atoms with Gasteiger partial charge < -0.3 is 14.9 Å². The van der Waals surface area contributed by atoms with Gasteiger partial charge >= 0.3 is 12.1 Å². The van der Waals surface area contributed by atoms with E-state index in [-0.39, 0.29) is 9.92 Å². The van der Waals surface area contributed by atoms with Gasteiger partial charge in [-0.05, 0) is 56.8 Å². The number of anilines is 1. The van der Waals surface area contributed by atoms with Crippen LogP contribution in [0.1, 0.15) is 32.1 Å². The Labute approximate surface area is 211 Å². The van der Waals surface area contributed by atoms with Gasteiger partial charge in [0.1, 0.15) is 11.5 Å². The van der Waals surface area contributed by atoms with Gasteiger partial charge in [0.2, 0.25) is 5.91 Å². The number of piperazine rings is 1. The van der Waals surface area contributed by atoms with E-state index in [4.69, 9.17) is 11.6 Å². The predicted octanol–water partition coefficient (Wildman–Crippen LogP) is 2.79. The van der Waals surface area contributed by atoms with Crippen LogP contribution in [-0.2, 0) is 19.4 Å². The molecule has 0 aromatic heterocycles. The molecule has 3 atom stereocenters. The normalized spacial score (nSPS) is 28.3. The minimum Gasteiger partial charge on any atom is -0.480 e. The fourth-order valence-electron chi connectivity index (χ4n) is 5.82. The molecule has 5 rings (SSSR count). The lowest BCUT2D eigenvalue weighted by atomic mass is 10.0. The largest absolute Gasteiger partial charge is 0.480 e. The number of amides is 1. The van der Waals surface area contributed by atoms with Crippen molar-refractivity contribution in [1.82, 2.24) is 9.80 Å². The molecule has 1 aromatic rings. The Morgan fingerprint density at radius 2 is 1.83 bits per heavy atom. The average Bonchev–Trinajstić information content (AvgIpc) is 3.30. The van der Waals surface area contributed by atoms with E-state index < -0.39 is 70.4 Å². The number of aliphatic carboxylic acids is 1. The molecule has 4 aliphatic rings. The number of carbonyl (C=O) groups is 2. The first-order chi connectivity index (χ1) is 16.8. The van der Waals surface area contributed by atoms with E-state index in [0.717, 1.165) is 44.7 Å². The molecule has 1 aliphatic carbocycles. The van der Waals surface area contributed by atoms with E-state index in [1.807, 2.05) is 0 Å². The van der Waals surface area contributed by atoms with Crippen LogP contribution >= 0.6 is 11.6 Å². The second kappa shape index (κ2) is 8.76. The van der Waals surface area contributed by atoms with E-state index >= 15 is 0 Å². The average molecular weight is 550 g/mol. The number of fused-ring (bicyclic) bond motifs is 1. The van der Waals surface area contributed by atoms with Crippen LogP contribution in [0.2, 0.25) is 5.02 Å². The molecule has 3 heterocycles. The molecule has 8 nitrogen and oxygen atoms in total. The van der Waals surface area contributed by atoms with Crippen molar-refractivity contribution in [1.29, 1.82) is 0 Å². The van der Waals surface area contributed by atoms with Crippen molar-refractivity contribution in [2.45, 2.75) is 60.5 Å². The molecule has 3 aliphatic heterocycles. The van der Waals surface area contributed by atoms with Crippen LogP contribution < -0.4 is 4.90 Å². The predicted molar refractivity (Wildman–Crippen MR) is 125 cm³/mol. The third kappa shape index (κ3) is 4.14. The van der Waals surface area contributed by atoms with Gasteiger partial charge in [-0.15, -0.1) is 0 Å². The quantitative estimate of drug-likeness (QED) is 0.603. The Bertz CT molecular complexity index is 1190. The Morgan fingerprint density at radius 1 is 1.11 bits per heavy atom. The van der Waals surface area contributed by atoms with Gasteiger partial charge in [-0.1, -0.05) is 11.6 Å². The minimum absolute atomic E-state index is 0.0352. The first-order valence-corrected chi connectivity index (χ1v) is 13.9. The summed E-state index contributed by atoms with van der Waals surface area (Å²) in [5.41, 5.74) is -1.85. The van der Waals surface area contributed by atoms with Crippen molar-refractivity contribution < 1.29 is 36.3 Å². The number of hydrogen-bond acceptors (Lipinski definition) is 6. The number of halogens is 4. The van der Waals surface area contributed by atoms with E-state index in [1.54, 1.807) is 12.1 Å². The molecule has 0 bridgehead atoms. The summed E-state index contributed by atoms with van der Waals surface area (Å²) >= 11 is 6.40. The smallest absolute Gasteiger partial charge is 0.403 e. The van der Waals surface area contributed by atoms with E-state index in [9.17, 15) is 36.3 Å². The zero-order valence-corrected chi connectivity index (χ0v) is 20.9. The van der Waals surface area contributed by atoms with Crippen molar-refractivity contribution in [3.05, 3.63) is 23.2 Å². The number of carboxylic acid groups (broad SMARTS) is 1. The van der Waals surface area contributed by atoms with Gasteiger partial charge in [-0.25, -0.2) is 13.2 Å². The number of nitrogens with zero attached hydrogens (tertiary/aromatic N) is 3. The van der Waals surface area contributed by atoms with Gasteiger partial charge in [0.15, 0.2) is 9.84 Å². The highest BCUT2D eigenvalue weighted by atomic mass is 35.5. The van der Waals surface area contributed by atoms with E-state index in [2.05, 4.69) is 9.80 Å². The minimum atomic E-state index is -4.83. The lowest BCUT2D eigenvalue weighted by molar-refractivity contribution is -0.199. The number of alkyl halides is 3. The molecule has 4 fully saturated rings. The topological polar surface area (TPSA) is 98.2 Å². The zero-order valence-electron chi connectivity index (χ0n) is 19.4. The summed E-state index contributed by atoms with van der Waals surface area (Å²) in [5, 5.41) is 8.16. The molecule has 0 spiro atoms. The zero-order chi connectivity index (χ0) is 26.0. The highest BCUT2D eigenvalue weighted by Crippen LogP contribution is 2.59. The number of benzene rings is 1. The van der Waals surface area contributed by atoms with Crippen LogP contribution in [0.3, 0.4) is 0 Å². The van der Waals surface area contributed by atoms with Crippen LogP contribution in [0, 0.1) is 5.41 Å². The summed E-state index contributed by atoms with van der Waals surface area (Å²) in [6.45, 7) is 2.95. The van der Waals surface area contributed by atoms with Crippen LogP contribution in [0.25, 0.3) is 0 Å². The van der Waals surface area contributed by atoms with Crippen molar-refractivity contribution in [2.24, 2.45) is 5.41 Å². The summed E-state index contributed by atoms with van der Waals surface area (Å²) in [6.07, 6.45) is -3.94. The number of rotatable bonds is 5. The highest BCUT2D eigenvalue weighted by Gasteiger charge is 2.70. The number of carboxylic acids is 1. The third-order valence-corrected chi connectivity index (χ3v) is 10.7. The van der Waals surface area contributed by atoms with Crippen molar-refractivity contribution in [2.75, 3.05) is 37.6 Å². The first kappa shape index (κ1) is 25.6. The summed E-state index contributed by atoms with van der Waals surface area (Å²) < 4.78 is 67.4. The Hall–Kier alpha value is -2.05. The highest BCUT2D eigenvalue weighted by molar-refractivity contribution is 7.92. The molecule has 1 aromatic carbocycles. The Kier molecular flexibility index (Phi) is 6.23. The molecular weight excluding hydrogens is 523 g/mol. The van der Waals surface area contributed by atoms with Gasteiger partial charge in [-0.2, -0.15) is 13.2 Å². The molecular formula is C23H27ClF3N3O5S. The maximum absolute atomic E-state index is 13.5. The van der Waals surface area contributed by atoms with Gasteiger partial charge in [0.05, 0.1) is 15.2 Å². The van der Waals surface area contributed by atoms with Crippen molar-refractivity contribution in [3.8, 4) is 0 Å². The summed E-state index contributed by atoms with van der Waals surface area (Å²) in [7, 11) is -4.22. The fraction of sp³-hybridized carbons (Fsp3) is 0.652. The Morgan fingerprint density at radius 3 is 2.44 bits per heavy atom. The van der Waals surface area contributed by atoms with Crippen molar-refractivity contribution in [3.63, 3.8) is 0 Å². The molecule has 198 valence electrons. The fourth-order valence-corrected chi connectivity index (χ4v) is 8.06. The van der Waals surface area contributed by atoms with Crippen LogP contribution in [0.15, 0.2) is 23.1 Å². The summed E-state index contributed by atoms with van der Waals surface area (Å²) in [6, 6.07) is 3.37. The number of carbonyl (C=O) groups excluding carboxylic acids is 1. The van der Waals surface area contributed by atoms with Crippen LogP contribution in [0.5, 0.6) is 0 Å². The second-order valence-corrected chi connectivity index (χ2v) is 12.8. The summed E-state index contributed by atoms with van der Waals surface area (Å²) in [5.74, 6) is -2.90. The van der Waals surface area contributed by atoms with Gasteiger partial charge in [-0.3, -0.25) is 9.69 Å². The molecule has 0 unspecified atom stereocenters. The molecule has 3 saturated heterocycles. The third-order valence-electron chi connectivity index (χ3n) is 8.12. The van der Waals surface area contributed by atoms with Crippen LogP contribution in [0.4, 0.5) is 18.9 Å². The maximum Gasteiger partial charge on any atom is 0.403 e. The van der Waals surface area contributed by atoms with E-state index in [1.165, 1.54) is 6.07 Å². The molecule has 1 saturated carbocycles. The number of likely N-dealkylation sites (tertiary alicyclic amines) is 1. The monoisotopic (exact) mass is 549 g/mol. The van der Waals surface area contributed by atoms with Gasteiger partial charge in [0, 0.05) is 37.9 Å². The van der Waals surface area contributed by atoms with Gasteiger partial charge in [0.25, 0.3) is 0 Å². The SMILES string of the molecule is O=C(O)[C@@H]1C[C@@H](S(=O)(=O)c2ccc(N3CCN4CCC[C@H]4C3)cc2Cl)CN1C(=O)C1(C(F)(F)F)CC1. The molecule has 0 radical (unpaired) electrons. The van der Waals surface area contributed by atoms with E-state index in [0.29, 0.717) is 10.9 Å². The number of hydrogen-bond donors (Lipinski definition) is 1. The molecule has 13 heteroatoms. The molecule has 1 amide bonds. The van der Waals surface area contributed by atoms with Crippen LogP contribution in [-0.4, -0.2) is 91.4 Å². The summed E-state index contributed by atoms with van der Waals surface area (Å²) in [4.78, 5) is 29.5. The first-order valence-electron chi connectivity index (χ1n) is 12.0. The maximum atomic E-state index is 13.5. The molecule has 36 heavy (non-hydrogen) atoms.